The fourth-order valence-corrected chi connectivity index (χ4v) is 4.80. The Balaban J connectivity index is 1.32. The molecule has 0 spiro atoms. The van der Waals surface area contributed by atoms with Crippen molar-refractivity contribution >= 4 is 28.7 Å². The molecular formula is C26H31N5O. The second-order valence-corrected chi connectivity index (χ2v) is 8.85. The Morgan fingerprint density at radius 2 is 1.88 bits per heavy atom. The van der Waals surface area contributed by atoms with Crippen LogP contribution in [0.25, 0.3) is 0 Å². The summed E-state index contributed by atoms with van der Waals surface area (Å²) in [6.45, 7) is 5.72. The van der Waals surface area contributed by atoms with Gasteiger partial charge in [0.15, 0.2) is 0 Å². The van der Waals surface area contributed by atoms with Crippen LogP contribution in [-0.2, 0) is 6.54 Å². The van der Waals surface area contributed by atoms with Gasteiger partial charge in [0.25, 0.3) is 5.91 Å². The van der Waals surface area contributed by atoms with Gasteiger partial charge in [-0.2, -0.15) is 0 Å². The summed E-state index contributed by atoms with van der Waals surface area (Å²) in [5, 5.41) is 6.84. The zero-order valence-electron chi connectivity index (χ0n) is 18.6. The molecule has 1 fully saturated rings. The number of nitrogens with two attached hydrogens (primary N) is 1. The van der Waals surface area contributed by atoms with Crippen LogP contribution >= 0.6 is 0 Å². The van der Waals surface area contributed by atoms with E-state index in [0.717, 1.165) is 47.8 Å². The van der Waals surface area contributed by atoms with Gasteiger partial charge in [0.2, 0.25) is 0 Å². The fourth-order valence-electron chi connectivity index (χ4n) is 4.80. The van der Waals surface area contributed by atoms with E-state index in [1.54, 1.807) is 0 Å². The van der Waals surface area contributed by atoms with Crippen LogP contribution in [0, 0.1) is 0 Å². The Morgan fingerprint density at radius 1 is 1.06 bits per heavy atom. The van der Waals surface area contributed by atoms with Crippen LogP contribution in [-0.4, -0.2) is 31.6 Å². The molecular weight excluding hydrogens is 398 g/mol. The molecule has 1 unspecified atom stereocenters. The van der Waals surface area contributed by atoms with Crippen molar-refractivity contribution in [3.8, 4) is 0 Å². The lowest BCUT2D eigenvalue weighted by Crippen LogP contribution is -2.30. The molecule has 0 radical (unpaired) electrons. The number of hydrogen-bond donors (Lipinski definition) is 3. The second-order valence-electron chi connectivity index (χ2n) is 8.85. The monoisotopic (exact) mass is 429 g/mol. The standard InChI is InChI=1S/C26H31N5O/c1-18(24-7-3-4-12-28-24)29-25-11-9-21(16-23(25)27)31-17-19-15-20(8-10-22(19)26(31)32)30-13-5-2-6-14-30/h3-4,7-11,15-16,18,28-29H,2,5-6,12-14,17,27H2,1H3. The molecule has 5 rings (SSSR count). The molecule has 0 aliphatic carbocycles. The van der Waals surface area contributed by atoms with E-state index in [4.69, 9.17) is 5.73 Å². The number of fused-ring (bicyclic) bond motifs is 1. The van der Waals surface area contributed by atoms with Crippen molar-refractivity contribution < 1.29 is 4.79 Å². The third-order valence-electron chi connectivity index (χ3n) is 6.64. The van der Waals surface area contributed by atoms with Gasteiger partial charge >= 0.3 is 0 Å². The molecule has 166 valence electrons. The molecule has 1 saturated heterocycles. The molecule has 3 aliphatic heterocycles. The highest BCUT2D eigenvalue weighted by atomic mass is 16.2. The highest BCUT2D eigenvalue weighted by Gasteiger charge is 2.29. The average Bonchev–Trinajstić information content (AvgIpc) is 3.17. The van der Waals surface area contributed by atoms with Crippen LogP contribution in [0.15, 0.2) is 60.3 Å². The van der Waals surface area contributed by atoms with Crippen molar-refractivity contribution in [1.82, 2.24) is 5.32 Å². The largest absolute Gasteiger partial charge is 0.397 e. The van der Waals surface area contributed by atoms with Crippen LogP contribution in [0.3, 0.4) is 0 Å². The van der Waals surface area contributed by atoms with E-state index in [1.165, 1.54) is 24.9 Å². The lowest BCUT2D eigenvalue weighted by atomic mass is 10.1. The van der Waals surface area contributed by atoms with Gasteiger partial charge < -0.3 is 26.2 Å². The number of carbonyl (C=O) groups excluding carboxylic acids is 1. The maximum Gasteiger partial charge on any atom is 0.258 e. The molecule has 3 aliphatic rings. The first-order valence-electron chi connectivity index (χ1n) is 11.6. The second kappa shape index (κ2) is 8.61. The van der Waals surface area contributed by atoms with Gasteiger partial charge in [-0.05, 0) is 74.2 Å². The summed E-state index contributed by atoms with van der Waals surface area (Å²) in [4.78, 5) is 17.4. The fraction of sp³-hybridized carbons (Fsp3) is 0.346. The minimum Gasteiger partial charge on any atom is -0.397 e. The first-order valence-corrected chi connectivity index (χ1v) is 11.6. The lowest BCUT2D eigenvalue weighted by Gasteiger charge is -2.29. The summed E-state index contributed by atoms with van der Waals surface area (Å²) < 4.78 is 0. The first kappa shape index (κ1) is 20.5. The molecule has 6 nitrogen and oxygen atoms in total. The highest BCUT2D eigenvalue weighted by molar-refractivity contribution is 6.10. The Hall–Kier alpha value is -3.41. The highest BCUT2D eigenvalue weighted by Crippen LogP contribution is 2.34. The molecule has 32 heavy (non-hydrogen) atoms. The number of anilines is 4. The number of piperidine rings is 1. The van der Waals surface area contributed by atoms with Gasteiger partial charge in [-0.3, -0.25) is 4.79 Å². The van der Waals surface area contributed by atoms with Crippen LogP contribution in [0.2, 0.25) is 0 Å². The number of hydrogen-bond acceptors (Lipinski definition) is 5. The predicted molar refractivity (Wildman–Crippen MR) is 132 cm³/mol. The summed E-state index contributed by atoms with van der Waals surface area (Å²) in [5.41, 5.74) is 13.0. The molecule has 2 aromatic rings. The summed E-state index contributed by atoms with van der Waals surface area (Å²) in [6, 6.07) is 12.2. The van der Waals surface area contributed by atoms with E-state index in [-0.39, 0.29) is 11.9 Å². The quantitative estimate of drug-likeness (QED) is 0.619. The van der Waals surface area contributed by atoms with Crippen molar-refractivity contribution in [2.45, 2.75) is 38.8 Å². The number of amides is 1. The Morgan fingerprint density at radius 3 is 2.62 bits per heavy atom. The SMILES string of the molecule is CC(Nc1ccc(N2Cc3cc(N4CCCCC4)ccc3C2=O)cc1N)C1=CC=CCN1. The van der Waals surface area contributed by atoms with Crippen LogP contribution < -0.4 is 26.2 Å². The molecule has 4 N–H and O–H groups in total. The molecule has 0 bridgehead atoms. The molecule has 6 heteroatoms. The van der Waals surface area contributed by atoms with E-state index in [2.05, 4.69) is 52.8 Å². The molecule has 3 heterocycles. The number of nitrogen functional groups attached to an aromatic ring is 1. The van der Waals surface area contributed by atoms with Gasteiger partial charge in [0.05, 0.1) is 24.0 Å². The van der Waals surface area contributed by atoms with E-state index in [0.29, 0.717) is 12.2 Å². The van der Waals surface area contributed by atoms with Gasteiger partial charge in [-0.1, -0.05) is 12.2 Å². The topological polar surface area (TPSA) is 73.6 Å². The van der Waals surface area contributed by atoms with Crippen molar-refractivity contribution in [3.05, 3.63) is 71.5 Å². The van der Waals surface area contributed by atoms with E-state index in [1.807, 2.05) is 29.2 Å². The van der Waals surface area contributed by atoms with Crippen LogP contribution in [0.1, 0.15) is 42.1 Å². The van der Waals surface area contributed by atoms with Crippen molar-refractivity contribution in [3.63, 3.8) is 0 Å². The van der Waals surface area contributed by atoms with Gasteiger partial charge in [0.1, 0.15) is 0 Å². The smallest absolute Gasteiger partial charge is 0.258 e. The zero-order chi connectivity index (χ0) is 22.1. The predicted octanol–water partition coefficient (Wildman–Crippen LogP) is 4.26. The summed E-state index contributed by atoms with van der Waals surface area (Å²) >= 11 is 0. The first-order chi connectivity index (χ1) is 15.6. The minimum absolute atomic E-state index is 0.0435. The summed E-state index contributed by atoms with van der Waals surface area (Å²) in [7, 11) is 0. The van der Waals surface area contributed by atoms with E-state index in [9.17, 15) is 4.79 Å². The maximum absolute atomic E-state index is 13.1. The number of dihydropyridines is 1. The van der Waals surface area contributed by atoms with Gasteiger partial charge in [-0.15, -0.1) is 0 Å². The van der Waals surface area contributed by atoms with Gasteiger partial charge in [-0.25, -0.2) is 0 Å². The Kier molecular flexibility index (Phi) is 5.52. The van der Waals surface area contributed by atoms with Crippen molar-refractivity contribution in [2.24, 2.45) is 0 Å². The number of carbonyl (C=O) groups is 1. The maximum atomic E-state index is 13.1. The number of benzene rings is 2. The third-order valence-corrected chi connectivity index (χ3v) is 6.64. The minimum atomic E-state index is 0.0435. The number of rotatable bonds is 5. The number of nitrogens with zero attached hydrogens (tertiary/aromatic N) is 2. The molecule has 2 aromatic carbocycles. The zero-order valence-corrected chi connectivity index (χ0v) is 18.6. The molecule has 0 saturated carbocycles. The molecule has 1 amide bonds. The van der Waals surface area contributed by atoms with Crippen LogP contribution in [0.5, 0.6) is 0 Å². The normalized spacial score (nSPS) is 18.8. The van der Waals surface area contributed by atoms with Crippen molar-refractivity contribution in [1.29, 1.82) is 0 Å². The van der Waals surface area contributed by atoms with Gasteiger partial charge in [0, 0.05) is 42.3 Å². The molecule has 1 atom stereocenters. The molecule has 0 aromatic heterocycles. The third kappa shape index (κ3) is 3.93. The summed E-state index contributed by atoms with van der Waals surface area (Å²) in [5.74, 6) is 0.0435. The number of allylic oxidation sites excluding steroid dienone is 2. The van der Waals surface area contributed by atoms with E-state index >= 15 is 0 Å². The Bertz CT molecular complexity index is 1080. The Labute approximate surface area is 189 Å². The van der Waals surface area contributed by atoms with E-state index < -0.39 is 0 Å². The lowest BCUT2D eigenvalue weighted by molar-refractivity contribution is 0.0996. The average molecular weight is 430 g/mol. The van der Waals surface area contributed by atoms with Crippen molar-refractivity contribution in [2.75, 3.05) is 40.5 Å². The van der Waals surface area contributed by atoms with Crippen LogP contribution in [0.4, 0.5) is 22.7 Å². The summed E-state index contributed by atoms with van der Waals surface area (Å²) in [6.07, 6.45) is 10.0. The number of nitrogens with one attached hydrogen (secondary N) is 2.